The SMILES string of the molecule is C=CC(=O)OCCCCCCOc1ccc(C(=O)Oc2ccc(C(=O)Oc3ccc(OC)cc3)cc2OC)cc1. The molecule has 210 valence electrons. The van der Waals surface area contributed by atoms with E-state index in [4.69, 9.17) is 28.4 Å². The Hall–Kier alpha value is -4.79. The number of hydrogen-bond donors (Lipinski definition) is 0. The van der Waals surface area contributed by atoms with Crippen LogP contribution in [0, 0.1) is 0 Å². The van der Waals surface area contributed by atoms with Crippen molar-refractivity contribution in [2.75, 3.05) is 27.4 Å². The minimum absolute atomic E-state index is 0.160. The van der Waals surface area contributed by atoms with Crippen LogP contribution in [0.15, 0.2) is 79.4 Å². The zero-order chi connectivity index (χ0) is 28.7. The Morgan fingerprint density at radius 3 is 1.90 bits per heavy atom. The number of rotatable bonds is 15. The number of esters is 3. The van der Waals surface area contributed by atoms with Gasteiger partial charge in [0.2, 0.25) is 0 Å². The molecule has 0 N–H and O–H groups in total. The first kappa shape index (κ1) is 29.8. The minimum atomic E-state index is -0.592. The van der Waals surface area contributed by atoms with Crippen LogP contribution in [0.1, 0.15) is 46.4 Å². The van der Waals surface area contributed by atoms with E-state index in [1.54, 1.807) is 55.6 Å². The van der Waals surface area contributed by atoms with Crippen LogP contribution in [0.25, 0.3) is 0 Å². The molecule has 0 aromatic heterocycles. The average molecular weight is 549 g/mol. The summed E-state index contributed by atoms with van der Waals surface area (Å²) in [7, 11) is 2.96. The molecule has 3 aromatic rings. The van der Waals surface area contributed by atoms with Crippen LogP contribution in [0.2, 0.25) is 0 Å². The van der Waals surface area contributed by atoms with E-state index in [9.17, 15) is 14.4 Å². The highest BCUT2D eigenvalue weighted by atomic mass is 16.6. The second-order valence-electron chi connectivity index (χ2n) is 8.48. The van der Waals surface area contributed by atoms with E-state index in [-0.39, 0.29) is 17.1 Å². The fraction of sp³-hybridized carbons (Fsp3) is 0.258. The lowest BCUT2D eigenvalue weighted by Crippen LogP contribution is -2.11. The molecule has 0 unspecified atom stereocenters. The second-order valence-corrected chi connectivity index (χ2v) is 8.48. The number of carbonyl (C=O) groups excluding carboxylic acids is 3. The van der Waals surface area contributed by atoms with E-state index in [0.29, 0.717) is 36.0 Å². The van der Waals surface area contributed by atoms with Gasteiger partial charge in [-0.1, -0.05) is 6.58 Å². The summed E-state index contributed by atoms with van der Waals surface area (Å²) in [6, 6.07) is 17.6. The van der Waals surface area contributed by atoms with Gasteiger partial charge in [-0.05, 0) is 92.4 Å². The lowest BCUT2D eigenvalue weighted by Gasteiger charge is -2.12. The zero-order valence-corrected chi connectivity index (χ0v) is 22.6. The van der Waals surface area contributed by atoms with Gasteiger partial charge in [0.25, 0.3) is 0 Å². The van der Waals surface area contributed by atoms with E-state index in [1.165, 1.54) is 25.3 Å². The Morgan fingerprint density at radius 1 is 0.650 bits per heavy atom. The number of benzene rings is 3. The summed E-state index contributed by atoms with van der Waals surface area (Å²) in [6.45, 7) is 4.27. The standard InChI is InChI=1S/C31H32O9/c1-4-29(32)38-20-8-6-5-7-19-37-25-12-9-22(10-13-25)30(33)40-27-18-11-23(21-28(27)36-3)31(34)39-26-16-14-24(35-2)15-17-26/h4,9-18,21H,1,5-8,19-20H2,2-3H3. The van der Waals surface area contributed by atoms with Crippen molar-refractivity contribution >= 4 is 17.9 Å². The van der Waals surface area contributed by atoms with Gasteiger partial charge >= 0.3 is 17.9 Å². The van der Waals surface area contributed by atoms with E-state index < -0.39 is 17.9 Å². The maximum Gasteiger partial charge on any atom is 0.343 e. The lowest BCUT2D eigenvalue weighted by molar-refractivity contribution is -0.137. The Morgan fingerprint density at radius 2 is 1.25 bits per heavy atom. The van der Waals surface area contributed by atoms with Crippen molar-refractivity contribution in [3.63, 3.8) is 0 Å². The normalized spacial score (nSPS) is 10.2. The Balaban J connectivity index is 1.47. The van der Waals surface area contributed by atoms with Gasteiger partial charge < -0.3 is 28.4 Å². The van der Waals surface area contributed by atoms with Crippen molar-refractivity contribution in [3.8, 4) is 28.7 Å². The molecule has 0 aliphatic heterocycles. The van der Waals surface area contributed by atoms with Crippen molar-refractivity contribution in [2.45, 2.75) is 25.7 Å². The van der Waals surface area contributed by atoms with Crippen molar-refractivity contribution < 1.29 is 42.8 Å². The molecular weight excluding hydrogens is 516 g/mol. The third-order valence-corrected chi connectivity index (χ3v) is 5.68. The highest BCUT2D eigenvalue weighted by Gasteiger charge is 2.17. The monoisotopic (exact) mass is 548 g/mol. The highest BCUT2D eigenvalue weighted by Crippen LogP contribution is 2.30. The molecule has 3 rings (SSSR count). The summed E-state index contributed by atoms with van der Waals surface area (Å²) in [5, 5.41) is 0. The quantitative estimate of drug-likeness (QED) is 0.101. The van der Waals surface area contributed by atoms with Crippen molar-refractivity contribution in [2.24, 2.45) is 0 Å². The van der Waals surface area contributed by atoms with Crippen LogP contribution in [0.4, 0.5) is 0 Å². The smallest absolute Gasteiger partial charge is 0.343 e. The summed E-state index contributed by atoms with van der Waals surface area (Å²) >= 11 is 0. The maximum absolute atomic E-state index is 12.7. The largest absolute Gasteiger partial charge is 0.497 e. The molecule has 0 aliphatic rings. The molecule has 0 fully saturated rings. The van der Waals surface area contributed by atoms with E-state index in [2.05, 4.69) is 6.58 Å². The van der Waals surface area contributed by atoms with E-state index in [0.717, 1.165) is 31.8 Å². The van der Waals surface area contributed by atoms with Gasteiger partial charge in [-0.3, -0.25) is 0 Å². The van der Waals surface area contributed by atoms with Crippen molar-refractivity contribution in [3.05, 3.63) is 90.5 Å². The fourth-order valence-corrected chi connectivity index (χ4v) is 3.51. The summed E-state index contributed by atoms with van der Waals surface area (Å²) in [5.41, 5.74) is 0.552. The van der Waals surface area contributed by atoms with Crippen molar-refractivity contribution in [1.29, 1.82) is 0 Å². The number of carbonyl (C=O) groups is 3. The Bertz CT molecular complexity index is 1280. The molecule has 0 amide bonds. The predicted octanol–water partition coefficient (Wildman–Crippen LogP) is 5.81. The first-order valence-electron chi connectivity index (χ1n) is 12.7. The molecule has 0 saturated heterocycles. The number of hydrogen-bond acceptors (Lipinski definition) is 9. The molecule has 0 aliphatic carbocycles. The molecular formula is C31H32O9. The number of methoxy groups -OCH3 is 2. The molecule has 9 heteroatoms. The topological polar surface area (TPSA) is 107 Å². The van der Waals surface area contributed by atoms with Gasteiger partial charge in [0, 0.05) is 6.08 Å². The van der Waals surface area contributed by atoms with E-state index in [1.807, 2.05) is 0 Å². The lowest BCUT2D eigenvalue weighted by atomic mass is 10.2. The van der Waals surface area contributed by atoms with Gasteiger partial charge in [0.05, 0.1) is 38.6 Å². The van der Waals surface area contributed by atoms with Gasteiger partial charge in [0.15, 0.2) is 11.5 Å². The summed E-state index contributed by atoms with van der Waals surface area (Å²) in [5.74, 6) is 0.413. The zero-order valence-electron chi connectivity index (χ0n) is 22.6. The van der Waals surface area contributed by atoms with Gasteiger partial charge in [0.1, 0.15) is 17.2 Å². The third kappa shape index (κ3) is 9.20. The van der Waals surface area contributed by atoms with Crippen LogP contribution in [0.3, 0.4) is 0 Å². The van der Waals surface area contributed by atoms with E-state index >= 15 is 0 Å². The number of unbranched alkanes of at least 4 members (excludes halogenated alkanes) is 3. The minimum Gasteiger partial charge on any atom is -0.497 e. The Kier molecular flexibility index (Phi) is 11.6. The molecule has 0 saturated carbocycles. The third-order valence-electron chi connectivity index (χ3n) is 5.68. The molecule has 9 nitrogen and oxygen atoms in total. The van der Waals surface area contributed by atoms with Crippen LogP contribution < -0.4 is 23.7 Å². The van der Waals surface area contributed by atoms with Crippen LogP contribution >= 0.6 is 0 Å². The first-order valence-corrected chi connectivity index (χ1v) is 12.7. The average Bonchev–Trinajstić information content (AvgIpc) is 2.99. The Labute approximate surface area is 233 Å². The van der Waals surface area contributed by atoms with Crippen LogP contribution in [0.5, 0.6) is 28.7 Å². The van der Waals surface area contributed by atoms with Crippen LogP contribution in [-0.4, -0.2) is 45.3 Å². The highest BCUT2D eigenvalue weighted by molar-refractivity contribution is 5.93. The van der Waals surface area contributed by atoms with Gasteiger partial charge in [-0.25, -0.2) is 14.4 Å². The predicted molar refractivity (Wildman–Crippen MR) is 147 cm³/mol. The second kappa shape index (κ2) is 15.6. The maximum atomic E-state index is 12.7. The molecule has 0 bridgehead atoms. The van der Waals surface area contributed by atoms with Crippen molar-refractivity contribution in [1.82, 2.24) is 0 Å². The molecule has 0 spiro atoms. The molecule has 40 heavy (non-hydrogen) atoms. The summed E-state index contributed by atoms with van der Waals surface area (Å²) in [4.78, 5) is 36.2. The van der Waals surface area contributed by atoms with Gasteiger partial charge in [-0.2, -0.15) is 0 Å². The fourth-order valence-electron chi connectivity index (χ4n) is 3.51. The van der Waals surface area contributed by atoms with Crippen LogP contribution in [-0.2, 0) is 9.53 Å². The summed E-state index contributed by atoms with van der Waals surface area (Å²) < 4.78 is 32.0. The molecule has 0 heterocycles. The van der Waals surface area contributed by atoms with Gasteiger partial charge in [-0.15, -0.1) is 0 Å². The summed E-state index contributed by atoms with van der Waals surface area (Å²) in [6.07, 6.45) is 4.65. The molecule has 0 atom stereocenters. The molecule has 0 radical (unpaired) electrons. The first-order chi connectivity index (χ1) is 19.4. The number of ether oxygens (including phenoxy) is 6. The molecule has 3 aromatic carbocycles.